The van der Waals surface area contributed by atoms with Crippen molar-refractivity contribution >= 4 is 22.6 Å². The molecule has 0 saturated heterocycles. The maximum absolute atomic E-state index is 14.1. The van der Waals surface area contributed by atoms with E-state index in [4.69, 9.17) is 4.74 Å². The summed E-state index contributed by atoms with van der Waals surface area (Å²) in [5.74, 6) is -0.932. The highest BCUT2D eigenvalue weighted by Crippen LogP contribution is 2.47. The van der Waals surface area contributed by atoms with Crippen molar-refractivity contribution in [3.8, 4) is 0 Å². The fourth-order valence-corrected chi connectivity index (χ4v) is 3.17. The van der Waals surface area contributed by atoms with Crippen LogP contribution in [0.4, 0.5) is 18.9 Å². The number of cyclic esters (lactones) is 1. The molecule has 1 aromatic heterocycles. The van der Waals surface area contributed by atoms with Crippen molar-refractivity contribution in [3.63, 3.8) is 0 Å². The lowest BCUT2D eigenvalue weighted by atomic mass is 9.96. The third kappa shape index (κ3) is 2.34. The number of ether oxygens (including phenoxy) is 1. The molecule has 2 N–H and O–H groups in total. The van der Waals surface area contributed by atoms with Crippen molar-refractivity contribution in [3.05, 3.63) is 65.9 Å². The van der Waals surface area contributed by atoms with E-state index in [1.807, 2.05) is 0 Å². The van der Waals surface area contributed by atoms with Gasteiger partial charge in [0, 0.05) is 16.6 Å². The molecule has 0 spiro atoms. The number of anilines is 1. The normalized spacial score (nSPS) is 20.2. The summed E-state index contributed by atoms with van der Waals surface area (Å²) in [5.41, 5.74) is -2.14. The van der Waals surface area contributed by atoms with Crippen LogP contribution in [0.2, 0.25) is 0 Å². The third-order valence-corrected chi connectivity index (χ3v) is 4.25. The van der Waals surface area contributed by atoms with Gasteiger partial charge in [-0.1, -0.05) is 36.4 Å². The van der Waals surface area contributed by atoms with Crippen LogP contribution in [0.5, 0.6) is 0 Å². The Bertz CT molecular complexity index is 950. The first kappa shape index (κ1) is 15.6. The predicted molar refractivity (Wildman–Crippen MR) is 85.9 cm³/mol. The smallest absolute Gasteiger partial charge is 0.423 e. The molecule has 25 heavy (non-hydrogen) atoms. The van der Waals surface area contributed by atoms with E-state index >= 15 is 0 Å². The highest BCUT2D eigenvalue weighted by atomic mass is 19.4. The number of rotatable bonds is 2. The number of aromatic amines is 1. The number of H-pyrrole nitrogens is 1. The summed E-state index contributed by atoms with van der Waals surface area (Å²) in [6, 6.07) is 14.6. The van der Waals surface area contributed by atoms with Gasteiger partial charge in [-0.25, -0.2) is 0 Å². The number of alkyl halides is 3. The molecule has 7 heteroatoms. The van der Waals surface area contributed by atoms with Crippen LogP contribution in [-0.4, -0.2) is 17.1 Å². The molecule has 0 saturated carbocycles. The Morgan fingerprint density at radius 2 is 1.72 bits per heavy atom. The molecule has 0 radical (unpaired) electrons. The molecular weight excluding hydrogens is 333 g/mol. The standard InChI is InChI=1S/C18H13F3N2O2/c19-18(20,21)17(23-11-6-2-1-3-7-11)16-13(10-15(24)25-17)12-8-4-5-9-14(12)22-16/h1-9,22-23H,10H2. The van der Waals surface area contributed by atoms with Gasteiger partial charge in [-0.15, -0.1) is 0 Å². The Morgan fingerprint density at radius 1 is 1.04 bits per heavy atom. The summed E-state index contributed by atoms with van der Waals surface area (Å²) in [7, 11) is 0. The molecule has 0 bridgehead atoms. The van der Waals surface area contributed by atoms with Gasteiger partial charge >= 0.3 is 17.9 Å². The van der Waals surface area contributed by atoms with Crippen LogP contribution in [0.15, 0.2) is 54.6 Å². The van der Waals surface area contributed by atoms with Crippen LogP contribution in [-0.2, 0) is 21.7 Å². The van der Waals surface area contributed by atoms with E-state index in [2.05, 4.69) is 10.3 Å². The number of aromatic nitrogens is 1. The van der Waals surface area contributed by atoms with Crippen molar-refractivity contribution in [2.45, 2.75) is 18.3 Å². The molecule has 0 fully saturated rings. The summed E-state index contributed by atoms with van der Waals surface area (Å²) in [5, 5.41) is 2.96. The van der Waals surface area contributed by atoms with Gasteiger partial charge < -0.3 is 15.0 Å². The van der Waals surface area contributed by atoms with Crippen molar-refractivity contribution < 1.29 is 22.7 Å². The average molecular weight is 346 g/mol. The minimum Gasteiger partial charge on any atom is -0.423 e. The number of esters is 1. The molecule has 1 aliphatic heterocycles. The zero-order valence-electron chi connectivity index (χ0n) is 12.9. The molecule has 2 heterocycles. The summed E-state index contributed by atoms with van der Waals surface area (Å²) in [6.07, 6.45) is -5.08. The molecule has 1 aliphatic rings. The van der Waals surface area contributed by atoms with Crippen LogP contribution >= 0.6 is 0 Å². The van der Waals surface area contributed by atoms with E-state index in [1.54, 1.807) is 42.5 Å². The number of para-hydroxylation sites is 2. The van der Waals surface area contributed by atoms with Gasteiger partial charge in [0.1, 0.15) is 0 Å². The Morgan fingerprint density at radius 3 is 2.44 bits per heavy atom. The zero-order valence-corrected chi connectivity index (χ0v) is 12.9. The van der Waals surface area contributed by atoms with Gasteiger partial charge in [0.2, 0.25) is 0 Å². The highest BCUT2D eigenvalue weighted by Gasteiger charge is 2.64. The van der Waals surface area contributed by atoms with Crippen LogP contribution in [0.3, 0.4) is 0 Å². The van der Waals surface area contributed by atoms with Gasteiger partial charge in [0.25, 0.3) is 0 Å². The van der Waals surface area contributed by atoms with Crippen LogP contribution < -0.4 is 5.32 Å². The average Bonchev–Trinajstić information content (AvgIpc) is 2.94. The lowest BCUT2D eigenvalue weighted by molar-refractivity contribution is -0.269. The monoisotopic (exact) mass is 346 g/mol. The van der Waals surface area contributed by atoms with Crippen molar-refractivity contribution in [2.75, 3.05) is 5.32 Å². The van der Waals surface area contributed by atoms with Crippen LogP contribution in [0.25, 0.3) is 10.9 Å². The lowest BCUT2D eigenvalue weighted by Crippen LogP contribution is -2.55. The van der Waals surface area contributed by atoms with Gasteiger partial charge in [-0.3, -0.25) is 4.79 Å². The van der Waals surface area contributed by atoms with E-state index in [-0.39, 0.29) is 17.8 Å². The Hall–Kier alpha value is -2.96. The fraction of sp³-hybridized carbons (Fsp3) is 0.167. The minimum atomic E-state index is -4.87. The first-order valence-corrected chi connectivity index (χ1v) is 7.62. The van der Waals surface area contributed by atoms with Gasteiger partial charge in [0.05, 0.1) is 12.1 Å². The first-order chi connectivity index (χ1) is 11.9. The van der Waals surface area contributed by atoms with Crippen molar-refractivity contribution in [2.24, 2.45) is 0 Å². The number of halogens is 3. The van der Waals surface area contributed by atoms with E-state index in [9.17, 15) is 18.0 Å². The van der Waals surface area contributed by atoms with Gasteiger partial charge in [-0.2, -0.15) is 13.2 Å². The number of carbonyl (C=O) groups excluding carboxylic acids is 1. The van der Waals surface area contributed by atoms with E-state index in [0.29, 0.717) is 16.5 Å². The van der Waals surface area contributed by atoms with E-state index in [0.717, 1.165) is 0 Å². The molecule has 3 aromatic rings. The van der Waals surface area contributed by atoms with Crippen molar-refractivity contribution in [1.29, 1.82) is 0 Å². The first-order valence-electron chi connectivity index (χ1n) is 7.62. The number of fused-ring (bicyclic) bond motifs is 3. The SMILES string of the molecule is O=C1Cc2c([nH]c3ccccc23)C(Nc2ccccc2)(C(F)(F)F)O1. The number of hydrogen-bond acceptors (Lipinski definition) is 3. The summed E-state index contributed by atoms with van der Waals surface area (Å²) in [4.78, 5) is 14.8. The second-order valence-corrected chi connectivity index (χ2v) is 5.84. The Labute approximate surface area is 140 Å². The second kappa shape index (κ2) is 5.27. The molecule has 0 aliphatic carbocycles. The maximum Gasteiger partial charge on any atom is 0.455 e. The molecule has 2 aromatic carbocycles. The maximum atomic E-state index is 14.1. The number of benzene rings is 2. The third-order valence-electron chi connectivity index (χ3n) is 4.25. The molecular formula is C18H13F3N2O2. The number of nitrogens with one attached hydrogen (secondary N) is 2. The zero-order chi connectivity index (χ0) is 17.7. The summed E-state index contributed by atoms with van der Waals surface area (Å²) in [6.45, 7) is 0. The highest BCUT2D eigenvalue weighted by molar-refractivity contribution is 5.91. The molecule has 0 amide bonds. The Balaban J connectivity index is 1.97. The number of hydrogen-bond donors (Lipinski definition) is 2. The molecule has 4 rings (SSSR count). The van der Waals surface area contributed by atoms with E-state index in [1.165, 1.54) is 12.1 Å². The fourth-order valence-electron chi connectivity index (χ4n) is 3.17. The minimum absolute atomic E-state index is 0.190. The van der Waals surface area contributed by atoms with Gasteiger partial charge in [0.15, 0.2) is 0 Å². The number of carbonyl (C=O) groups is 1. The largest absolute Gasteiger partial charge is 0.455 e. The summed E-state index contributed by atoms with van der Waals surface area (Å²) < 4.78 is 47.2. The predicted octanol–water partition coefficient (Wildman–Crippen LogP) is 4.09. The second-order valence-electron chi connectivity index (χ2n) is 5.84. The molecule has 1 atom stereocenters. The van der Waals surface area contributed by atoms with Gasteiger partial charge in [-0.05, 0) is 23.8 Å². The molecule has 1 unspecified atom stereocenters. The Kier molecular flexibility index (Phi) is 3.28. The molecule has 4 nitrogen and oxygen atoms in total. The molecule has 128 valence electrons. The lowest BCUT2D eigenvalue weighted by Gasteiger charge is -2.38. The van der Waals surface area contributed by atoms with Crippen LogP contribution in [0.1, 0.15) is 11.3 Å². The quantitative estimate of drug-likeness (QED) is 0.687. The van der Waals surface area contributed by atoms with Crippen LogP contribution in [0, 0.1) is 0 Å². The van der Waals surface area contributed by atoms with E-state index < -0.39 is 17.9 Å². The topological polar surface area (TPSA) is 54.1 Å². The van der Waals surface area contributed by atoms with Crippen molar-refractivity contribution in [1.82, 2.24) is 4.98 Å². The summed E-state index contributed by atoms with van der Waals surface area (Å²) >= 11 is 0.